The van der Waals surface area contributed by atoms with E-state index in [1.807, 2.05) is 37.8 Å². The smallest absolute Gasteiger partial charge is 0.410 e. The summed E-state index contributed by atoms with van der Waals surface area (Å²) in [6, 6.07) is 6.20. The summed E-state index contributed by atoms with van der Waals surface area (Å²) in [5, 5.41) is 0. The number of hydrogen-bond donors (Lipinski definition) is 0. The molecule has 5 nitrogen and oxygen atoms in total. The van der Waals surface area contributed by atoms with Gasteiger partial charge in [0, 0.05) is 41.9 Å². The minimum atomic E-state index is -0.474. The fourth-order valence-electron chi connectivity index (χ4n) is 4.80. The van der Waals surface area contributed by atoms with Gasteiger partial charge in [-0.1, -0.05) is 15.9 Å². The van der Waals surface area contributed by atoms with Gasteiger partial charge in [0.2, 0.25) is 0 Å². The first-order valence-electron chi connectivity index (χ1n) is 10.3. The Labute approximate surface area is 175 Å². The second kappa shape index (κ2) is 7.21. The van der Waals surface area contributed by atoms with Gasteiger partial charge in [-0.2, -0.15) is 0 Å². The van der Waals surface area contributed by atoms with Gasteiger partial charge >= 0.3 is 6.09 Å². The van der Waals surface area contributed by atoms with Gasteiger partial charge in [-0.25, -0.2) is 4.79 Å². The van der Waals surface area contributed by atoms with Crippen LogP contribution >= 0.6 is 15.9 Å². The molecule has 3 aliphatic rings. The minimum absolute atomic E-state index is 0.0538. The van der Waals surface area contributed by atoms with Crippen LogP contribution in [0.3, 0.4) is 0 Å². The standard InChI is InChI=1S/C22H30BrNO4/c1-14-5-7-17-19(26-14)16-13-15(23)6-8-18(16)27-22(17)9-11-24(12-10-22)20(25)28-21(2,3)4/h6,8,13-14,17,19H,5,7,9-12H2,1-4H3/t14-,17-,19+/m1/s1. The van der Waals surface area contributed by atoms with E-state index >= 15 is 0 Å². The Morgan fingerprint density at radius 2 is 1.96 bits per heavy atom. The quantitative estimate of drug-likeness (QED) is 0.524. The summed E-state index contributed by atoms with van der Waals surface area (Å²) < 4.78 is 19.7. The summed E-state index contributed by atoms with van der Waals surface area (Å²) >= 11 is 3.59. The summed E-state index contributed by atoms with van der Waals surface area (Å²) in [6.45, 7) is 9.17. The second-order valence-corrected chi connectivity index (χ2v) is 10.3. The van der Waals surface area contributed by atoms with E-state index in [-0.39, 0.29) is 23.9 Å². The zero-order valence-electron chi connectivity index (χ0n) is 17.2. The number of carbonyl (C=O) groups is 1. The van der Waals surface area contributed by atoms with Crippen LogP contribution in [-0.4, -0.2) is 41.4 Å². The zero-order valence-corrected chi connectivity index (χ0v) is 18.8. The number of likely N-dealkylation sites (tertiary alicyclic amines) is 1. The molecule has 3 atom stereocenters. The molecule has 154 valence electrons. The van der Waals surface area contributed by atoms with Crippen LogP contribution in [0.4, 0.5) is 4.79 Å². The molecule has 3 aliphatic heterocycles. The number of halogens is 1. The molecule has 1 aromatic carbocycles. The van der Waals surface area contributed by atoms with Gasteiger partial charge in [0.15, 0.2) is 0 Å². The van der Waals surface area contributed by atoms with Crippen molar-refractivity contribution >= 4 is 22.0 Å². The van der Waals surface area contributed by atoms with Gasteiger partial charge in [0.25, 0.3) is 0 Å². The summed E-state index contributed by atoms with van der Waals surface area (Å²) in [5.74, 6) is 1.23. The van der Waals surface area contributed by atoms with Crippen molar-refractivity contribution in [2.45, 2.75) is 76.8 Å². The van der Waals surface area contributed by atoms with E-state index in [0.29, 0.717) is 19.0 Å². The van der Waals surface area contributed by atoms with E-state index in [4.69, 9.17) is 14.2 Å². The molecule has 4 rings (SSSR count). The van der Waals surface area contributed by atoms with Gasteiger partial charge in [-0.3, -0.25) is 0 Å². The van der Waals surface area contributed by atoms with E-state index in [0.717, 1.165) is 41.5 Å². The lowest BCUT2D eigenvalue weighted by Crippen LogP contribution is -2.58. The van der Waals surface area contributed by atoms with E-state index in [2.05, 4.69) is 28.9 Å². The highest BCUT2D eigenvalue weighted by molar-refractivity contribution is 9.10. The first kappa shape index (κ1) is 20.0. The van der Waals surface area contributed by atoms with Gasteiger partial charge in [0.1, 0.15) is 17.0 Å². The number of rotatable bonds is 0. The molecule has 0 radical (unpaired) electrons. The molecule has 0 aliphatic carbocycles. The molecule has 0 N–H and O–H groups in total. The molecule has 2 fully saturated rings. The van der Waals surface area contributed by atoms with E-state index < -0.39 is 5.60 Å². The number of piperidine rings is 1. The molecule has 2 saturated heterocycles. The van der Waals surface area contributed by atoms with Crippen LogP contribution in [0.25, 0.3) is 0 Å². The molecular formula is C22H30BrNO4. The van der Waals surface area contributed by atoms with Crippen molar-refractivity contribution in [2.24, 2.45) is 5.92 Å². The average Bonchev–Trinajstić information content (AvgIpc) is 2.61. The molecular weight excluding hydrogens is 422 g/mol. The minimum Gasteiger partial charge on any atom is -0.486 e. The van der Waals surface area contributed by atoms with E-state index in [1.165, 1.54) is 0 Å². The second-order valence-electron chi connectivity index (χ2n) is 9.37. The normalized spacial score (nSPS) is 28.9. The van der Waals surface area contributed by atoms with Crippen LogP contribution in [0.15, 0.2) is 22.7 Å². The van der Waals surface area contributed by atoms with Gasteiger partial charge in [-0.15, -0.1) is 0 Å². The number of nitrogens with zero attached hydrogens (tertiary/aromatic N) is 1. The van der Waals surface area contributed by atoms with Crippen molar-refractivity contribution in [3.8, 4) is 5.75 Å². The van der Waals surface area contributed by atoms with Crippen molar-refractivity contribution in [3.63, 3.8) is 0 Å². The third kappa shape index (κ3) is 3.78. The lowest BCUT2D eigenvalue weighted by Gasteiger charge is -2.54. The number of carbonyl (C=O) groups excluding carboxylic acids is 1. The summed E-state index contributed by atoms with van der Waals surface area (Å²) in [5.41, 5.74) is 0.397. The third-order valence-corrected chi connectivity index (χ3v) is 6.65. The lowest BCUT2D eigenvalue weighted by molar-refractivity contribution is -0.169. The Morgan fingerprint density at radius 3 is 2.64 bits per heavy atom. The van der Waals surface area contributed by atoms with Gasteiger partial charge < -0.3 is 19.1 Å². The van der Waals surface area contributed by atoms with Crippen LogP contribution in [-0.2, 0) is 9.47 Å². The van der Waals surface area contributed by atoms with Crippen LogP contribution in [0.5, 0.6) is 5.75 Å². The first-order chi connectivity index (χ1) is 13.2. The molecule has 28 heavy (non-hydrogen) atoms. The Balaban J connectivity index is 1.57. The largest absolute Gasteiger partial charge is 0.486 e. The topological polar surface area (TPSA) is 48.0 Å². The highest BCUT2D eigenvalue weighted by Crippen LogP contribution is 2.54. The monoisotopic (exact) mass is 451 g/mol. The lowest BCUT2D eigenvalue weighted by atomic mass is 9.69. The Morgan fingerprint density at radius 1 is 1.25 bits per heavy atom. The molecule has 6 heteroatoms. The molecule has 0 aromatic heterocycles. The number of benzene rings is 1. The molecule has 1 amide bonds. The van der Waals surface area contributed by atoms with Crippen molar-refractivity contribution in [3.05, 3.63) is 28.2 Å². The number of fused-ring (bicyclic) bond motifs is 4. The average molecular weight is 452 g/mol. The number of hydrogen-bond acceptors (Lipinski definition) is 4. The van der Waals surface area contributed by atoms with Crippen LogP contribution in [0, 0.1) is 5.92 Å². The maximum atomic E-state index is 12.5. The summed E-state index contributed by atoms with van der Waals surface area (Å²) in [7, 11) is 0. The van der Waals surface area contributed by atoms with Gasteiger partial charge in [-0.05, 0) is 58.7 Å². The summed E-state index contributed by atoms with van der Waals surface area (Å²) in [6.07, 6.45) is 3.83. The van der Waals surface area contributed by atoms with Gasteiger partial charge in [0.05, 0.1) is 12.2 Å². The predicted molar refractivity (Wildman–Crippen MR) is 111 cm³/mol. The molecule has 1 aromatic rings. The first-order valence-corrected chi connectivity index (χ1v) is 11.1. The Hall–Kier alpha value is -1.27. The van der Waals surface area contributed by atoms with Crippen molar-refractivity contribution in [2.75, 3.05) is 13.1 Å². The zero-order chi connectivity index (χ0) is 20.1. The third-order valence-electron chi connectivity index (χ3n) is 6.16. The number of ether oxygens (including phenoxy) is 3. The fourth-order valence-corrected chi connectivity index (χ4v) is 5.18. The van der Waals surface area contributed by atoms with Crippen molar-refractivity contribution < 1.29 is 19.0 Å². The highest BCUT2D eigenvalue weighted by Gasteiger charge is 2.53. The van der Waals surface area contributed by atoms with E-state index in [1.54, 1.807) is 0 Å². The Kier molecular flexibility index (Phi) is 5.15. The van der Waals surface area contributed by atoms with Crippen LogP contribution in [0.1, 0.15) is 65.0 Å². The van der Waals surface area contributed by atoms with Crippen molar-refractivity contribution in [1.29, 1.82) is 0 Å². The fraction of sp³-hybridized carbons (Fsp3) is 0.682. The molecule has 1 spiro atoms. The molecule has 3 heterocycles. The number of amides is 1. The Bertz CT molecular complexity index is 751. The maximum absolute atomic E-state index is 12.5. The predicted octanol–water partition coefficient (Wildman–Crippen LogP) is 5.47. The molecule has 0 unspecified atom stereocenters. The van der Waals surface area contributed by atoms with Crippen LogP contribution in [0.2, 0.25) is 0 Å². The maximum Gasteiger partial charge on any atom is 0.410 e. The molecule has 0 bridgehead atoms. The van der Waals surface area contributed by atoms with Crippen LogP contribution < -0.4 is 4.74 Å². The van der Waals surface area contributed by atoms with Crippen molar-refractivity contribution in [1.82, 2.24) is 4.90 Å². The molecule has 0 saturated carbocycles. The SMILES string of the molecule is C[C@@H]1CC[C@@H]2[C@@H](O1)c1cc(Br)ccc1OC21CCN(C(=O)OC(C)(C)C)CC1. The van der Waals surface area contributed by atoms with E-state index in [9.17, 15) is 4.79 Å². The highest BCUT2D eigenvalue weighted by atomic mass is 79.9. The summed E-state index contributed by atoms with van der Waals surface area (Å²) in [4.78, 5) is 14.3.